The van der Waals surface area contributed by atoms with Crippen LogP contribution in [0.4, 0.5) is 0 Å². The Balaban J connectivity index is 2.71. The van der Waals surface area contributed by atoms with Crippen LogP contribution in [-0.2, 0) is 7.59 Å². The molecule has 0 saturated heterocycles. The van der Waals surface area contributed by atoms with E-state index in [4.69, 9.17) is 79.1 Å². The van der Waals surface area contributed by atoms with E-state index in [1.165, 1.54) is 0 Å². The summed E-state index contributed by atoms with van der Waals surface area (Å²) < 4.78 is 7.29. The maximum Gasteiger partial charge on any atom is 0.216 e. The lowest BCUT2D eigenvalue weighted by Crippen LogP contribution is -2.16. The second-order valence-corrected chi connectivity index (χ2v) is 11.0. The Hall–Kier alpha value is -0.480. The molecule has 0 amide bonds. The molecule has 0 aliphatic heterocycles. The standard InChI is InChI=1S/C21H20Cl6O2/c1-11-15(8-6-14-7-9-16(28-4)17(10-14)29-5)12(2)19(21(25,26)27)13(3)18(11)20(22,23)24/h6-10H,1-5H3. The monoisotopic (exact) mass is 514 g/mol. The van der Waals surface area contributed by atoms with E-state index in [1.807, 2.05) is 44.2 Å². The Labute approximate surface area is 201 Å². The van der Waals surface area contributed by atoms with Crippen molar-refractivity contribution in [2.24, 2.45) is 0 Å². The van der Waals surface area contributed by atoms with Gasteiger partial charge in [-0.25, -0.2) is 0 Å². The smallest absolute Gasteiger partial charge is 0.216 e. The minimum atomic E-state index is -1.67. The molecule has 0 heterocycles. The summed E-state index contributed by atoms with van der Waals surface area (Å²) in [5, 5.41) is 0. The van der Waals surface area contributed by atoms with E-state index in [-0.39, 0.29) is 0 Å². The third-order valence-corrected chi connectivity index (χ3v) is 5.86. The van der Waals surface area contributed by atoms with Crippen LogP contribution in [-0.4, -0.2) is 14.2 Å². The third kappa shape index (κ3) is 5.42. The molecular formula is C21H20Cl6O2. The Kier molecular flexibility index (Phi) is 7.98. The van der Waals surface area contributed by atoms with Crippen LogP contribution in [0.2, 0.25) is 0 Å². The zero-order valence-corrected chi connectivity index (χ0v) is 21.0. The largest absolute Gasteiger partial charge is 0.493 e. The van der Waals surface area contributed by atoms with Crippen LogP contribution in [0.1, 0.15) is 38.9 Å². The molecule has 0 aromatic heterocycles. The normalized spacial score (nSPS) is 12.5. The van der Waals surface area contributed by atoms with E-state index in [1.54, 1.807) is 21.1 Å². The van der Waals surface area contributed by atoms with Gasteiger partial charge >= 0.3 is 0 Å². The van der Waals surface area contributed by atoms with Crippen LogP contribution >= 0.6 is 69.6 Å². The fraction of sp³-hybridized carbons (Fsp3) is 0.333. The third-order valence-electron chi connectivity index (χ3n) is 4.73. The second-order valence-electron chi connectivity index (χ2n) is 6.48. The number of rotatable bonds is 4. The van der Waals surface area contributed by atoms with Gasteiger partial charge in [0.25, 0.3) is 0 Å². The zero-order valence-electron chi connectivity index (χ0n) is 16.5. The topological polar surface area (TPSA) is 18.5 Å². The fourth-order valence-electron chi connectivity index (χ4n) is 3.47. The lowest BCUT2D eigenvalue weighted by Gasteiger charge is -2.27. The summed E-state index contributed by atoms with van der Waals surface area (Å²) >= 11 is 37.5. The van der Waals surface area contributed by atoms with E-state index in [0.717, 1.165) is 22.3 Å². The van der Waals surface area contributed by atoms with Crippen LogP contribution in [0.15, 0.2) is 18.2 Å². The predicted octanol–water partition coefficient (Wildman–Crippen LogP) is 8.45. The van der Waals surface area contributed by atoms with Gasteiger partial charge < -0.3 is 9.47 Å². The summed E-state index contributed by atoms with van der Waals surface area (Å²) in [6, 6.07) is 5.59. The van der Waals surface area contributed by atoms with Crippen molar-refractivity contribution in [1.29, 1.82) is 0 Å². The highest BCUT2D eigenvalue weighted by Crippen LogP contribution is 2.50. The maximum absolute atomic E-state index is 6.25. The zero-order chi connectivity index (χ0) is 22.1. The van der Waals surface area contributed by atoms with E-state index in [9.17, 15) is 0 Å². The van der Waals surface area contributed by atoms with Gasteiger partial charge in [-0.3, -0.25) is 0 Å². The molecule has 29 heavy (non-hydrogen) atoms. The van der Waals surface area contributed by atoms with Gasteiger partial charge in [0, 0.05) is 11.1 Å². The molecule has 2 aromatic rings. The van der Waals surface area contributed by atoms with Crippen molar-refractivity contribution < 1.29 is 9.47 Å². The van der Waals surface area contributed by atoms with Crippen LogP contribution in [0.25, 0.3) is 12.2 Å². The van der Waals surface area contributed by atoms with Crippen molar-refractivity contribution in [1.82, 2.24) is 0 Å². The number of methoxy groups -OCH3 is 2. The Morgan fingerprint density at radius 2 is 1.17 bits per heavy atom. The molecule has 0 radical (unpaired) electrons. The second kappa shape index (κ2) is 9.34. The Morgan fingerprint density at radius 3 is 1.59 bits per heavy atom. The molecule has 0 atom stereocenters. The molecule has 0 fully saturated rings. The van der Waals surface area contributed by atoms with Gasteiger partial charge in [-0.15, -0.1) is 0 Å². The first kappa shape index (κ1) is 24.8. The van der Waals surface area contributed by atoms with Gasteiger partial charge in [0.15, 0.2) is 11.5 Å². The molecule has 2 rings (SSSR count). The highest BCUT2D eigenvalue weighted by atomic mass is 35.6. The number of ether oxygens (including phenoxy) is 2. The Bertz CT molecular complexity index is 899. The van der Waals surface area contributed by atoms with Crippen LogP contribution < -0.4 is 9.47 Å². The number of benzene rings is 2. The molecule has 0 unspecified atom stereocenters. The van der Waals surface area contributed by atoms with Crippen molar-refractivity contribution in [2.45, 2.75) is 28.4 Å². The molecule has 0 N–H and O–H groups in total. The first-order valence-corrected chi connectivity index (χ1v) is 10.8. The lowest BCUT2D eigenvalue weighted by molar-refractivity contribution is 0.355. The molecule has 8 heteroatoms. The number of alkyl halides is 6. The fourth-order valence-corrected chi connectivity index (χ4v) is 5.18. The summed E-state index contributed by atoms with van der Waals surface area (Å²) in [5.74, 6) is 1.26. The summed E-state index contributed by atoms with van der Waals surface area (Å²) in [6.45, 7) is 5.55. The van der Waals surface area contributed by atoms with Gasteiger partial charge in [-0.1, -0.05) is 87.8 Å². The van der Waals surface area contributed by atoms with E-state index >= 15 is 0 Å². The molecule has 158 valence electrons. The van der Waals surface area contributed by atoms with Gasteiger partial charge in [0.1, 0.15) is 0 Å². The van der Waals surface area contributed by atoms with E-state index in [2.05, 4.69) is 0 Å². The van der Waals surface area contributed by atoms with Crippen molar-refractivity contribution in [3.63, 3.8) is 0 Å². The lowest BCUT2D eigenvalue weighted by atomic mass is 9.88. The van der Waals surface area contributed by atoms with Crippen LogP contribution in [0.3, 0.4) is 0 Å². The minimum absolute atomic E-state index is 0.501. The van der Waals surface area contributed by atoms with Gasteiger partial charge in [-0.2, -0.15) is 0 Å². The van der Waals surface area contributed by atoms with Crippen molar-refractivity contribution >= 4 is 81.8 Å². The molecule has 0 aliphatic rings. The Morgan fingerprint density at radius 1 is 0.690 bits per heavy atom. The maximum atomic E-state index is 6.25. The minimum Gasteiger partial charge on any atom is -0.493 e. The van der Waals surface area contributed by atoms with Gasteiger partial charge in [-0.05, 0) is 60.7 Å². The number of hydrogen-bond donors (Lipinski definition) is 0. The molecule has 0 bridgehead atoms. The molecule has 0 spiro atoms. The van der Waals surface area contributed by atoms with E-state index in [0.29, 0.717) is 28.2 Å². The summed E-state index contributed by atoms with van der Waals surface area (Å²) in [7, 11) is 3.17. The molecular weight excluding hydrogens is 497 g/mol. The predicted molar refractivity (Wildman–Crippen MR) is 128 cm³/mol. The highest BCUT2D eigenvalue weighted by Gasteiger charge is 2.36. The first-order chi connectivity index (χ1) is 13.3. The average molecular weight is 517 g/mol. The number of halogens is 6. The van der Waals surface area contributed by atoms with Gasteiger partial charge in [0.2, 0.25) is 7.59 Å². The van der Waals surface area contributed by atoms with E-state index < -0.39 is 7.59 Å². The van der Waals surface area contributed by atoms with Gasteiger partial charge in [0.05, 0.1) is 14.2 Å². The quantitative estimate of drug-likeness (QED) is 0.300. The SMILES string of the molecule is COc1ccc(C=Cc2c(C)c(C(Cl)(Cl)Cl)c(C)c(C(Cl)(Cl)Cl)c2C)cc1OC. The van der Waals surface area contributed by atoms with Crippen LogP contribution in [0.5, 0.6) is 11.5 Å². The van der Waals surface area contributed by atoms with Crippen molar-refractivity contribution in [2.75, 3.05) is 14.2 Å². The highest BCUT2D eigenvalue weighted by molar-refractivity contribution is 6.68. The summed E-state index contributed by atoms with van der Waals surface area (Å²) in [4.78, 5) is 0. The van der Waals surface area contributed by atoms with Crippen molar-refractivity contribution in [3.05, 3.63) is 57.1 Å². The molecule has 0 aliphatic carbocycles. The summed E-state index contributed by atoms with van der Waals surface area (Å²) in [5.41, 5.74) is 4.96. The van der Waals surface area contributed by atoms with Crippen LogP contribution in [0, 0.1) is 20.8 Å². The number of hydrogen-bond acceptors (Lipinski definition) is 2. The summed E-state index contributed by atoms with van der Waals surface area (Å²) in [6.07, 6.45) is 3.82. The molecule has 2 nitrogen and oxygen atoms in total. The first-order valence-electron chi connectivity index (χ1n) is 8.51. The molecule has 0 saturated carbocycles. The molecule has 2 aromatic carbocycles. The van der Waals surface area contributed by atoms with Crippen molar-refractivity contribution in [3.8, 4) is 11.5 Å². The average Bonchev–Trinajstić information content (AvgIpc) is 2.58.